The van der Waals surface area contributed by atoms with Crippen LogP contribution in [0.2, 0.25) is 0 Å². The summed E-state index contributed by atoms with van der Waals surface area (Å²) in [7, 11) is 0. The van der Waals surface area contributed by atoms with Gasteiger partial charge < -0.3 is 9.80 Å². The van der Waals surface area contributed by atoms with Crippen molar-refractivity contribution in [2.24, 2.45) is 0 Å². The number of likely N-dealkylation sites (tertiary alicyclic amines) is 1. The van der Waals surface area contributed by atoms with Crippen molar-refractivity contribution < 1.29 is 4.79 Å². The predicted molar refractivity (Wildman–Crippen MR) is 77.9 cm³/mol. The Morgan fingerprint density at radius 2 is 1.95 bits per heavy atom. The van der Waals surface area contributed by atoms with Gasteiger partial charge in [0, 0.05) is 6.54 Å². The van der Waals surface area contributed by atoms with Crippen molar-refractivity contribution >= 4 is 5.91 Å². The molecule has 2 saturated heterocycles. The van der Waals surface area contributed by atoms with E-state index in [-0.39, 0.29) is 11.7 Å². The van der Waals surface area contributed by atoms with E-state index in [1.165, 1.54) is 25.9 Å². The molecule has 0 spiro atoms. The molecule has 19 heavy (non-hydrogen) atoms. The first kappa shape index (κ1) is 14.8. The Hall–Kier alpha value is -0.610. The first-order valence-electron chi connectivity index (χ1n) is 7.92. The highest BCUT2D eigenvalue weighted by molar-refractivity contribution is 5.88. The average molecular weight is 267 g/mol. The van der Waals surface area contributed by atoms with Crippen LogP contribution in [-0.2, 0) is 4.79 Å². The average Bonchev–Trinajstić information content (AvgIpc) is 3.00. The second-order valence-corrected chi connectivity index (χ2v) is 6.15. The summed E-state index contributed by atoms with van der Waals surface area (Å²) in [5.74, 6) is 0.295. The molecule has 0 aromatic heterocycles. The van der Waals surface area contributed by atoms with Gasteiger partial charge in [-0.25, -0.2) is 0 Å². The molecule has 0 radical (unpaired) electrons. The number of hydrogen-bond donors (Lipinski definition) is 1. The Labute approximate surface area is 117 Å². The zero-order valence-corrected chi connectivity index (χ0v) is 12.7. The molecule has 2 aliphatic rings. The molecule has 0 aromatic rings. The van der Waals surface area contributed by atoms with Crippen LogP contribution in [0, 0.1) is 0 Å². The highest BCUT2D eigenvalue weighted by atomic mass is 16.2. The Bertz CT molecular complexity index is 315. The fourth-order valence-electron chi connectivity index (χ4n) is 3.27. The summed E-state index contributed by atoms with van der Waals surface area (Å²) in [6.45, 7) is 10.8. The number of rotatable bonds is 6. The lowest BCUT2D eigenvalue weighted by Gasteiger charge is -2.24. The molecule has 0 aliphatic carbocycles. The Morgan fingerprint density at radius 1 is 1.26 bits per heavy atom. The predicted octanol–water partition coefficient (Wildman–Crippen LogP) is 1.81. The van der Waals surface area contributed by atoms with Gasteiger partial charge in [-0.15, -0.1) is 0 Å². The van der Waals surface area contributed by atoms with E-state index in [0.29, 0.717) is 5.91 Å². The van der Waals surface area contributed by atoms with Crippen LogP contribution in [0.15, 0.2) is 0 Å². The summed E-state index contributed by atoms with van der Waals surface area (Å²) >= 11 is 0. The fraction of sp³-hybridized carbons (Fsp3) is 0.933. The standard InChI is InChI=1S/C15H29N3O/c1-4-13-16-15(3,5-2)14(19)18(13)12-8-11-17-9-6-7-10-17/h13,16H,4-12H2,1-3H3. The van der Waals surface area contributed by atoms with Gasteiger partial charge in [0.05, 0.1) is 11.7 Å². The van der Waals surface area contributed by atoms with Gasteiger partial charge in [-0.05, 0) is 58.7 Å². The van der Waals surface area contributed by atoms with E-state index in [0.717, 1.165) is 32.4 Å². The monoisotopic (exact) mass is 267 g/mol. The zero-order chi connectivity index (χ0) is 13.9. The van der Waals surface area contributed by atoms with Crippen molar-refractivity contribution in [1.29, 1.82) is 0 Å². The molecule has 4 heteroatoms. The van der Waals surface area contributed by atoms with Crippen LogP contribution in [-0.4, -0.2) is 53.6 Å². The van der Waals surface area contributed by atoms with Crippen LogP contribution in [0.25, 0.3) is 0 Å². The minimum atomic E-state index is -0.339. The first-order chi connectivity index (χ1) is 9.10. The SMILES string of the molecule is CCC1NC(C)(CC)C(=O)N1CCCN1CCCC1. The summed E-state index contributed by atoms with van der Waals surface area (Å²) in [6.07, 6.45) is 5.88. The summed E-state index contributed by atoms with van der Waals surface area (Å²) in [5.41, 5.74) is -0.339. The highest BCUT2D eigenvalue weighted by Gasteiger charge is 2.45. The highest BCUT2D eigenvalue weighted by Crippen LogP contribution is 2.25. The maximum atomic E-state index is 12.5. The number of amides is 1. The molecule has 0 saturated carbocycles. The van der Waals surface area contributed by atoms with Crippen molar-refractivity contribution in [3.05, 3.63) is 0 Å². The zero-order valence-electron chi connectivity index (χ0n) is 12.7. The Morgan fingerprint density at radius 3 is 2.53 bits per heavy atom. The van der Waals surface area contributed by atoms with Crippen molar-refractivity contribution in [3.63, 3.8) is 0 Å². The van der Waals surface area contributed by atoms with Crippen molar-refractivity contribution in [2.75, 3.05) is 26.2 Å². The number of nitrogens with zero attached hydrogens (tertiary/aromatic N) is 2. The third-order valence-electron chi connectivity index (χ3n) is 4.76. The van der Waals surface area contributed by atoms with Gasteiger partial charge in [0.25, 0.3) is 0 Å². The van der Waals surface area contributed by atoms with Crippen LogP contribution in [0.4, 0.5) is 0 Å². The maximum Gasteiger partial charge on any atom is 0.243 e. The van der Waals surface area contributed by atoms with Crippen molar-refractivity contribution in [1.82, 2.24) is 15.1 Å². The van der Waals surface area contributed by atoms with E-state index in [1.54, 1.807) is 0 Å². The molecule has 110 valence electrons. The summed E-state index contributed by atoms with van der Waals surface area (Å²) in [4.78, 5) is 17.1. The third-order valence-corrected chi connectivity index (χ3v) is 4.76. The van der Waals surface area contributed by atoms with Gasteiger partial charge in [-0.1, -0.05) is 13.8 Å². The molecule has 0 bridgehead atoms. The lowest BCUT2D eigenvalue weighted by molar-refractivity contribution is -0.133. The molecule has 2 atom stereocenters. The van der Waals surface area contributed by atoms with E-state index in [4.69, 9.17) is 0 Å². The van der Waals surface area contributed by atoms with E-state index in [2.05, 4.69) is 29.0 Å². The topological polar surface area (TPSA) is 35.6 Å². The van der Waals surface area contributed by atoms with Crippen molar-refractivity contribution in [2.45, 2.75) is 64.6 Å². The first-order valence-corrected chi connectivity index (χ1v) is 7.92. The van der Waals surface area contributed by atoms with Gasteiger partial charge >= 0.3 is 0 Å². The van der Waals surface area contributed by atoms with E-state index in [1.807, 2.05) is 6.92 Å². The van der Waals surface area contributed by atoms with Crippen LogP contribution in [0.5, 0.6) is 0 Å². The van der Waals surface area contributed by atoms with Crippen LogP contribution < -0.4 is 5.32 Å². The van der Waals surface area contributed by atoms with Gasteiger partial charge in [0.15, 0.2) is 0 Å². The molecule has 1 N–H and O–H groups in total. The summed E-state index contributed by atoms with van der Waals surface area (Å²) < 4.78 is 0. The third kappa shape index (κ3) is 3.11. The minimum absolute atomic E-state index is 0.232. The molecule has 2 fully saturated rings. The van der Waals surface area contributed by atoms with E-state index < -0.39 is 0 Å². The summed E-state index contributed by atoms with van der Waals surface area (Å²) in [5, 5.41) is 3.51. The number of carbonyl (C=O) groups is 1. The molecule has 2 unspecified atom stereocenters. The molecular weight excluding hydrogens is 238 g/mol. The minimum Gasteiger partial charge on any atom is -0.326 e. The van der Waals surface area contributed by atoms with Crippen LogP contribution in [0.3, 0.4) is 0 Å². The van der Waals surface area contributed by atoms with E-state index in [9.17, 15) is 4.79 Å². The maximum absolute atomic E-state index is 12.5. The lowest BCUT2D eigenvalue weighted by atomic mass is 9.99. The smallest absolute Gasteiger partial charge is 0.243 e. The van der Waals surface area contributed by atoms with Gasteiger partial charge in [0.1, 0.15) is 0 Å². The quantitative estimate of drug-likeness (QED) is 0.797. The number of nitrogens with one attached hydrogen (secondary N) is 1. The molecule has 2 aliphatic heterocycles. The molecule has 4 nitrogen and oxygen atoms in total. The largest absolute Gasteiger partial charge is 0.326 e. The summed E-state index contributed by atoms with van der Waals surface area (Å²) in [6, 6.07) is 0. The lowest BCUT2D eigenvalue weighted by Crippen LogP contribution is -2.43. The molecule has 0 aromatic carbocycles. The molecule has 1 amide bonds. The Kier molecular flexibility index (Phi) is 4.85. The second-order valence-electron chi connectivity index (χ2n) is 6.15. The van der Waals surface area contributed by atoms with Crippen molar-refractivity contribution in [3.8, 4) is 0 Å². The Balaban J connectivity index is 1.85. The second kappa shape index (κ2) is 6.23. The van der Waals surface area contributed by atoms with Gasteiger partial charge in [-0.3, -0.25) is 10.1 Å². The fourth-order valence-corrected chi connectivity index (χ4v) is 3.27. The normalized spacial score (nSPS) is 32.5. The number of hydrogen-bond acceptors (Lipinski definition) is 3. The molecule has 2 rings (SSSR count). The van der Waals surface area contributed by atoms with Gasteiger partial charge in [0.2, 0.25) is 5.91 Å². The number of carbonyl (C=O) groups excluding carboxylic acids is 1. The van der Waals surface area contributed by atoms with Gasteiger partial charge in [-0.2, -0.15) is 0 Å². The van der Waals surface area contributed by atoms with E-state index >= 15 is 0 Å². The van der Waals surface area contributed by atoms with Crippen LogP contribution in [0.1, 0.15) is 52.9 Å². The molecule has 2 heterocycles. The van der Waals surface area contributed by atoms with Crippen LogP contribution >= 0.6 is 0 Å². The molecular formula is C15H29N3O.